The number of hydrogen-bond acceptors (Lipinski definition) is 3. The number of benzene rings is 2. The molecule has 0 amide bonds. The SMILES string of the molecule is COC(C)(C)C(=CC(=O)c1ccccc1)Nc1ccccc1. The summed E-state index contributed by atoms with van der Waals surface area (Å²) in [6, 6.07) is 18.9. The van der Waals surface area contributed by atoms with Gasteiger partial charge in [-0.25, -0.2) is 0 Å². The summed E-state index contributed by atoms with van der Waals surface area (Å²) < 4.78 is 5.53. The van der Waals surface area contributed by atoms with Gasteiger partial charge in [0.05, 0.1) is 5.70 Å². The minimum atomic E-state index is -0.597. The third kappa shape index (κ3) is 4.06. The highest BCUT2D eigenvalue weighted by molar-refractivity contribution is 6.05. The molecule has 0 fully saturated rings. The second-order valence-electron chi connectivity index (χ2n) is 5.49. The van der Waals surface area contributed by atoms with E-state index in [1.54, 1.807) is 25.3 Å². The molecule has 22 heavy (non-hydrogen) atoms. The van der Waals surface area contributed by atoms with Crippen molar-refractivity contribution >= 4 is 11.5 Å². The maximum absolute atomic E-state index is 12.4. The first-order valence-corrected chi connectivity index (χ1v) is 7.22. The van der Waals surface area contributed by atoms with Crippen LogP contribution in [0.5, 0.6) is 0 Å². The predicted molar refractivity (Wildman–Crippen MR) is 90.0 cm³/mol. The lowest BCUT2D eigenvalue weighted by atomic mass is 10.0. The number of carbonyl (C=O) groups excluding carboxylic acids is 1. The Hall–Kier alpha value is -2.39. The van der Waals surface area contributed by atoms with Gasteiger partial charge in [0.1, 0.15) is 5.60 Å². The van der Waals surface area contributed by atoms with E-state index in [0.29, 0.717) is 5.56 Å². The van der Waals surface area contributed by atoms with Crippen molar-refractivity contribution in [3.63, 3.8) is 0 Å². The Labute approximate surface area is 131 Å². The van der Waals surface area contributed by atoms with E-state index in [4.69, 9.17) is 4.74 Å². The molecule has 0 aliphatic carbocycles. The molecule has 0 aliphatic rings. The standard InChI is InChI=1S/C19H21NO2/c1-19(2,22-3)18(20-16-12-8-5-9-13-16)14-17(21)15-10-6-4-7-11-15/h4-14,20H,1-3H3. The van der Waals surface area contributed by atoms with Crippen LogP contribution in [0.15, 0.2) is 72.4 Å². The van der Waals surface area contributed by atoms with E-state index >= 15 is 0 Å². The molecule has 3 nitrogen and oxygen atoms in total. The number of allylic oxidation sites excluding steroid dienone is 1. The van der Waals surface area contributed by atoms with Crippen LogP contribution < -0.4 is 5.32 Å². The van der Waals surface area contributed by atoms with Crippen molar-refractivity contribution in [1.82, 2.24) is 0 Å². The first-order valence-electron chi connectivity index (χ1n) is 7.22. The van der Waals surface area contributed by atoms with Crippen LogP contribution in [0.2, 0.25) is 0 Å². The summed E-state index contributed by atoms with van der Waals surface area (Å²) in [6.07, 6.45) is 1.60. The number of anilines is 1. The Morgan fingerprint density at radius 1 is 1.00 bits per heavy atom. The van der Waals surface area contributed by atoms with Crippen molar-refractivity contribution in [2.24, 2.45) is 0 Å². The highest BCUT2D eigenvalue weighted by Crippen LogP contribution is 2.23. The molecular weight excluding hydrogens is 274 g/mol. The molecule has 0 radical (unpaired) electrons. The van der Waals surface area contributed by atoms with Gasteiger partial charge in [0.15, 0.2) is 5.78 Å². The first kappa shape index (κ1) is 16.0. The van der Waals surface area contributed by atoms with Gasteiger partial charge >= 0.3 is 0 Å². The Morgan fingerprint density at radius 2 is 1.55 bits per heavy atom. The number of ether oxygens (including phenoxy) is 1. The first-order chi connectivity index (χ1) is 10.5. The maximum atomic E-state index is 12.4. The largest absolute Gasteiger partial charge is 0.373 e. The van der Waals surface area contributed by atoms with Crippen molar-refractivity contribution in [1.29, 1.82) is 0 Å². The normalized spacial score (nSPS) is 12.0. The summed E-state index contributed by atoms with van der Waals surface area (Å²) in [7, 11) is 1.63. The van der Waals surface area contributed by atoms with Crippen molar-refractivity contribution in [2.45, 2.75) is 19.4 Å². The van der Waals surface area contributed by atoms with Crippen molar-refractivity contribution in [2.75, 3.05) is 12.4 Å². The zero-order valence-corrected chi connectivity index (χ0v) is 13.2. The molecule has 0 spiro atoms. The van der Waals surface area contributed by atoms with Crippen molar-refractivity contribution in [3.8, 4) is 0 Å². The second kappa shape index (κ2) is 7.05. The number of rotatable bonds is 6. The predicted octanol–water partition coefficient (Wildman–Crippen LogP) is 4.29. The summed E-state index contributed by atoms with van der Waals surface area (Å²) in [4.78, 5) is 12.4. The van der Waals surface area contributed by atoms with Gasteiger partial charge in [-0.1, -0.05) is 48.5 Å². The van der Waals surface area contributed by atoms with E-state index in [0.717, 1.165) is 11.4 Å². The molecule has 0 heterocycles. The average molecular weight is 295 g/mol. The third-order valence-electron chi connectivity index (χ3n) is 3.55. The van der Waals surface area contributed by atoms with E-state index < -0.39 is 5.60 Å². The third-order valence-corrected chi connectivity index (χ3v) is 3.55. The molecule has 0 unspecified atom stereocenters. The number of methoxy groups -OCH3 is 1. The van der Waals surface area contributed by atoms with Gasteiger partial charge in [-0.05, 0) is 26.0 Å². The molecule has 0 atom stereocenters. The molecular formula is C19H21NO2. The zero-order valence-electron chi connectivity index (χ0n) is 13.2. The summed E-state index contributed by atoms with van der Waals surface area (Å²) in [5.41, 5.74) is 1.69. The van der Waals surface area contributed by atoms with Crippen molar-refractivity contribution < 1.29 is 9.53 Å². The quantitative estimate of drug-likeness (QED) is 0.638. The number of hydrogen-bond donors (Lipinski definition) is 1. The summed E-state index contributed by atoms with van der Waals surface area (Å²) in [6.45, 7) is 3.85. The smallest absolute Gasteiger partial charge is 0.187 e. The average Bonchev–Trinajstić information content (AvgIpc) is 2.56. The summed E-state index contributed by atoms with van der Waals surface area (Å²) in [5, 5.41) is 3.29. The number of para-hydroxylation sites is 1. The van der Waals surface area contributed by atoms with Crippen LogP contribution >= 0.6 is 0 Å². The molecule has 2 rings (SSSR count). The van der Waals surface area contributed by atoms with Gasteiger partial charge < -0.3 is 10.1 Å². The number of carbonyl (C=O) groups is 1. The Kier molecular flexibility index (Phi) is 5.12. The molecule has 2 aromatic carbocycles. The fourth-order valence-corrected chi connectivity index (χ4v) is 1.96. The van der Waals surface area contributed by atoms with Gasteiger partial charge in [-0.15, -0.1) is 0 Å². The monoisotopic (exact) mass is 295 g/mol. The summed E-state index contributed by atoms with van der Waals surface area (Å²) in [5.74, 6) is -0.0517. The highest BCUT2D eigenvalue weighted by Gasteiger charge is 2.24. The molecule has 0 aliphatic heterocycles. The maximum Gasteiger partial charge on any atom is 0.187 e. The molecule has 0 saturated heterocycles. The van der Waals surface area contributed by atoms with Gasteiger partial charge in [0.25, 0.3) is 0 Å². The molecule has 2 aromatic rings. The van der Waals surface area contributed by atoms with Gasteiger partial charge in [0, 0.05) is 24.4 Å². The Bertz CT molecular complexity index is 646. The van der Waals surface area contributed by atoms with E-state index in [2.05, 4.69) is 5.32 Å². The molecule has 3 heteroatoms. The number of ketones is 1. The topological polar surface area (TPSA) is 38.3 Å². The van der Waals surface area contributed by atoms with E-state index in [1.165, 1.54) is 0 Å². The van der Waals surface area contributed by atoms with Crippen LogP contribution in [0.4, 0.5) is 5.69 Å². The zero-order chi connectivity index (χ0) is 16.0. The van der Waals surface area contributed by atoms with E-state index in [1.807, 2.05) is 62.4 Å². The lowest BCUT2D eigenvalue weighted by Gasteiger charge is -2.27. The molecule has 1 N–H and O–H groups in total. The Morgan fingerprint density at radius 3 is 2.09 bits per heavy atom. The van der Waals surface area contributed by atoms with E-state index in [9.17, 15) is 4.79 Å². The molecule has 0 bridgehead atoms. The van der Waals surface area contributed by atoms with Crippen molar-refractivity contribution in [3.05, 3.63) is 78.0 Å². The minimum Gasteiger partial charge on any atom is -0.373 e. The fraction of sp³-hybridized carbons (Fsp3) is 0.211. The lowest BCUT2D eigenvalue weighted by molar-refractivity contribution is 0.0555. The highest BCUT2D eigenvalue weighted by atomic mass is 16.5. The van der Waals surface area contributed by atoms with Crippen LogP contribution in [0.25, 0.3) is 0 Å². The van der Waals surface area contributed by atoms with Crippen LogP contribution in [-0.4, -0.2) is 18.5 Å². The molecule has 114 valence electrons. The van der Waals surface area contributed by atoms with Gasteiger partial charge in [0.2, 0.25) is 0 Å². The fourth-order valence-electron chi connectivity index (χ4n) is 1.96. The van der Waals surface area contributed by atoms with Crippen LogP contribution in [0.1, 0.15) is 24.2 Å². The Balaban J connectivity index is 2.32. The van der Waals surface area contributed by atoms with Gasteiger partial charge in [-0.2, -0.15) is 0 Å². The second-order valence-corrected chi connectivity index (χ2v) is 5.49. The minimum absolute atomic E-state index is 0.0517. The summed E-state index contributed by atoms with van der Waals surface area (Å²) >= 11 is 0. The van der Waals surface area contributed by atoms with Gasteiger partial charge in [-0.3, -0.25) is 4.79 Å². The molecule has 0 aromatic heterocycles. The van der Waals surface area contributed by atoms with E-state index in [-0.39, 0.29) is 5.78 Å². The van der Waals surface area contributed by atoms with Crippen LogP contribution in [-0.2, 0) is 4.74 Å². The number of nitrogens with one attached hydrogen (secondary N) is 1. The molecule has 0 saturated carbocycles. The van der Waals surface area contributed by atoms with Crippen LogP contribution in [0, 0.1) is 0 Å². The van der Waals surface area contributed by atoms with Crippen LogP contribution in [0.3, 0.4) is 0 Å². The lowest BCUT2D eigenvalue weighted by Crippen LogP contribution is -2.30.